The average Bonchev–Trinajstić information content (AvgIpc) is 2.89. The quantitative estimate of drug-likeness (QED) is 0.647. The third-order valence-electron chi connectivity index (χ3n) is 3.01. The molecule has 6 heteroatoms. The first-order valence-corrected chi connectivity index (χ1v) is 7.51. The monoisotopic (exact) mass is 310 g/mol. The number of nitro benzene ring substituents is 1. The molecule has 1 N–H and O–H groups in total. The van der Waals surface area contributed by atoms with E-state index in [2.05, 4.69) is 18.3 Å². The SMILES string of the molecule is CC(Cc1cccs1)NCc1c(Cl)cccc1[N+](=O)[O-]. The summed E-state index contributed by atoms with van der Waals surface area (Å²) >= 11 is 7.77. The highest BCUT2D eigenvalue weighted by atomic mass is 35.5. The maximum Gasteiger partial charge on any atom is 0.275 e. The van der Waals surface area contributed by atoms with Crippen LogP contribution in [0.5, 0.6) is 0 Å². The molecule has 2 rings (SSSR count). The highest BCUT2D eigenvalue weighted by Crippen LogP contribution is 2.26. The van der Waals surface area contributed by atoms with Gasteiger partial charge in [0.05, 0.1) is 15.5 Å². The van der Waals surface area contributed by atoms with Gasteiger partial charge >= 0.3 is 0 Å². The Morgan fingerprint density at radius 1 is 1.40 bits per heavy atom. The Hall–Kier alpha value is -1.43. The highest BCUT2D eigenvalue weighted by molar-refractivity contribution is 7.09. The van der Waals surface area contributed by atoms with E-state index in [1.54, 1.807) is 23.5 Å². The number of hydrogen-bond donors (Lipinski definition) is 1. The minimum Gasteiger partial charge on any atom is -0.310 e. The van der Waals surface area contributed by atoms with Crippen LogP contribution in [0.3, 0.4) is 0 Å². The van der Waals surface area contributed by atoms with Crippen LogP contribution in [0.25, 0.3) is 0 Å². The Labute approximate surface area is 126 Å². The van der Waals surface area contributed by atoms with Gasteiger partial charge < -0.3 is 5.32 Å². The molecule has 0 amide bonds. The minimum atomic E-state index is -0.396. The molecule has 0 aliphatic rings. The van der Waals surface area contributed by atoms with Crippen molar-refractivity contribution in [1.29, 1.82) is 0 Å². The van der Waals surface area contributed by atoms with E-state index in [0.29, 0.717) is 17.1 Å². The summed E-state index contributed by atoms with van der Waals surface area (Å²) in [6.45, 7) is 2.45. The molecule has 0 fully saturated rings. The molecular weight excluding hydrogens is 296 g/mol. The van der Waals surface area contributed by atoms with Crippen molar-refractivity contribution in [3.8, 4) is 0 Å². The first-order chi connectivity index (χ1) is 9.58. The van der Waals surface area contributed by atoms with Gasteiger partial charge in [0, 0.05) is 23.5 Å². The van der Waals surface area contributed by atoms with Crippen LogP contribution in [0.4, 0.5) is 5.69 Å². The molecule has 1 aromatic heterocycles. The Morgan fingerprint density at radius 3 is 2.85 bits per heavy atom. The largest absolute Gasteiger partial charge is 0.310 e. The van der Waals surface area contributed by atoms with Crippen molar-refractivity contribution in [2.24, 2.45) is 0 Å². The fourth-order valence-electron chi connectivity index (χ4n) is 1.97. The van der Waals surface area contributed by atoms with E-state index in [4.69, 9.17) is 11.6 Å². The Morgan fingerprint density at radius 2 is 2.20 bits per heavy atom. The van der Waals surface area contributed by atoms with E-state index < -0.39 is 4.92 Å². The van der Waals surface area contributed by atoms with Gasteiger partial charge in [-0.05, 0) is 30.9 Å². The third kappa shape index (κ3) is 3.79. The molecule has 1 atom stereocenters. The molecule has 0 aliphatic heterocycles. The van der Waals surface area contributed by atoms with Gasteiger partial charge in [0.2, 0.25) is 0 Å². The number of thiophene rings is 1. The molecule has 2 aromatic rings. The van der Waals surface area contributed by atoms with Gasteiger partial charge in [-0.2, -0.15) is 0 Å². The fraction of sp³-hybridized carbons (Fsp3) is 0.286. The number of hydrogen-bond acceptors (Lipinski definition) is 4. The van der Waals surface area contributed by atoms with Crippen molar-refractivity contribution >= 4 is 28.6 Å². The van der Waals surface area contributed by atoms with Crippen LogP contribution in [-0.4, -0.2) is 11.0 Å². The molecule has 0 spiro atoms. The average molecular weight is 311 g/mol. The molecule has 4 nitrogen and oxygen atoms in total. The van der Waals surface area contributed by atoms with Gasteiger partial charge in [-0.1, -0.05) is 23.7 Å². The Kier molecular flexibility index (Phi) is 5.11. The molecule has 0 saturated carbocycles. The molecule has 1 aromatic carbocycles. The predicted molar refractivity (Wildman–Crippen MR) is 82.4 cm³/mol. The van der Waals surface area contributed by atoms with Gasteiger partial charge in [-0.25, -0.2) is 0 Å². The number of rotatable bonds is 6. The molecule has 106 valence electrons. The number of nitrogens with zero attached hydrogens (tertiary/aromatic N) is 1. The third-order valence-corrected chi connectivity index (χ3v) is 4.26. The fourth-order valence-corrected chi connectivity index (χ4v) is 3.04. The molecule has 20 heavy (non-hydrogen) atoms. The Bertz CT molecular complexity index is 587. The van der Waals surface area contributed by atoms with E-state index in [1.807, 2.05) is 11.4 Å². The zero-order valence-electron chi connectivity index (χ0n) is 11.0. The zero-order valence-corrected chi connectivity index (χ0v) is 12.6. The van der Waals surface area contributed by atoms with Crippen LogP contribution < -0.4 is 5.32 Å². The van der Waals surface area contributed by atoms with Crippen molar-refractivity contribution < 1.29 is 4.92 Å². The topological polar surface area (TPSA) is 55.2 Å². The predicted octanol–water partition coefficient (Wildman–Crippen LogP) is 4.03. The van der Waals surface area contributed by atoms with Crippen molar-refractivity contribution in [3.05, 3.63) is 61.3 Å². The van der Waals surface area contributed by atoms with Crippen molar-refractivity contribution in [2.45, 2.75) is 25.9 Å². The molecule has 1 heterocycles. The molecular formula is C14H15ClN2O2S. The van der Waals surface area contributed by atoms with Gasteiger partial charge in [-0.3, -0.25) is 10.1 Å². The van der Waals surface area contributed by atoms with Crippen LogP contribution in [0, 0.1) is 10.1 Å². The first-order valence-electron chi connectivity index (χ1n) is 6.25. The van der Waals surface area contributed by atoms with E-state index in [-0.39, 0.29) is 11.7 Å². The molecule has 0 bridgehead atoms. The zero-order chi connectivity index (χ0) is 14.5. The number of nitro groups is 1. The lowest BCUT2D eigenvalue weighted by molar-refractivity contribution is -0.385. The van der Waals surface area contributed by atoms with E-state index in [9.17, 15) is 10.1 Å². The van der Waals surface area contributed by atoms with Crippen LogP contribution in [0.1, 0.15) is 17.4 Å². The first kappa shape index (κ1) is 15.0. The van der Waals surface area contributed by atoms with Crippen LogP contribution in [0.15, 0.2) is 35.7 Å². The van der Waals surface area contributed by atoms with Crippen molar-refractivity contribution in [1.82, 2.24) is 5.32 Å². The van der Waals surface area contributed by atoms with E-state index in [0.717, 1.165) is 6.42 Å². The lowest BCUT2D eigenvalue weighted by atomic mass is 10.1. The second-order valence-electron chi connectivity index (χ2n) is 4.56. The van der Waals surface area contributed by atoms with E-state index in [1.165, 1.54) is 10.9 Å². The maximum atomic E-state index is 11.0. The lowest BCUT2D eigenvalue weighted by Gasteiger charge is -2.13. The van der Waals surface area contributed by atoms with Gasteiger partial charge in [0.15, 0.2) is 0 Å². The smallest absolute Gasteiger partial charge is 0.275 e. The number of halogens is 1. The summed E-state index contributed by atoms with van der Waals surface area (Å²) < 4.78 is 0. The molecule has 0 aliphatic carbocycles. The summed E-state index contributed by atoms with van der Waals surface area (Å²) in [5.41, 5.74) is 0.602. The highest BCUT2D eigenvalue weighted by Gasteiger charge is 2.17. The normalized spacial score (nSPS) is 12.3. The standard InChI is InChI=1S/C14H15ClN2O2S/c1-10(8-11-4-3-7-20-11)16-9-12-13(15)5-2-6-14(12)17(18)19/h2-7,10,16H,8-9H2,1H3. The summed E-state index contributed by atoms with van der Waals surface area (Å²) in [5.74, 6) is 0. The van der Waals surface area contributed by atoms with Crippen molar-refractivity contribution in [2.75, 3.05) is 0 Å². The molecule has 0 saturated heterocycles. The number of nitrogens with one attached hydrogen (secondary N) is 1. The van der Waals surface area contributed by atoms with E-state index >= 15 is 0 Å². The molecule has 1 unspecified atom stereocenters. The van der Waals surface area contributed by atoms with Gasteiger partial charge in [0.25, 0.3) is 5.69 Å². The summed E-state index contributed by atoms with van der Waals surface area (Å²) in [5, 5.41) is 16.8. The Balaban J connectivity index is 2.01. The van der Waals surface area contributed by atoms with Crippen LogP contribution >= 0.6 is 22.9 Å². The number of benzene rings is 1. The molecule has 0 radical (unpaired) electrons. The van der Waals surface area contributed by atoms with Gasteiger partial charge in [0.1, 0.15) is 0 Å². The lowest BCUT2D eigenvalue weighted by Crippen LogP contribution is -2.27. The summed E-state index contributed by atoms with van der Waals surface area (Å²) in [6.07, 6.45) is 0.899. The summed E-state index contributed by atoms with van der Waals surface area (Å²) in [6, 6.07) is 9.08. The van der Waals surface area contributed by atoms with Crippen molar-refractivity contribution in [3.63, 3.8) is 0 Å². The maximum absolute atomic E-state index is 11.0. The van der Waals surface area contributed by atoms with Crippen LogP contribution in [0.2, 0.25) is 5.02 Å². The van der Waals surface area contributed by atoms with Crippen LogP contribution in [-0.2, 0) is 13.0 Å². The second-order valence-corrected chi connectivity index (χ2v) is 6.00. The summed E-state index contributed by atoms with van der Waals surface area (Å²) in [7, 11) is 0. The second kappa shape index (κ2) is 6.83. The van der Waals surface area contributed by atoms with Gasteiger partial charge in [-0.15, -0.1) is 11.3 Å². The minimum absolute atomic E-state index is 0.0633. The summed E-state index contributed by atoms with van der Waals surface area (Å²) in [4.78, 5) is 11.9.